The molecular weight excluding hydrogens is 253 g/mol. The minimum Gasteiger partial charge on any atom is -0.478 e. The van der Waals surface area contributed by atoms with Crippen LogP contribution in [0.15, 0.2) is 12.1 Å². The maximum atomic E-state index is 13.4. The van der Waals surface area contributed by atoms with Gasteiger partial charge in [0, 0.05) is 6.04 Å². The molecule has 0 aliphatic heterocycles. The quantitative estimate of drug-likeness (QED) is 0.598. The van der Waals surface area contributed by atoms with Crippen molar-refractivity contribution in [1.82, 2.24) is 5.32 Å². The van der Waals surface area contributed by atoms with Crippen molar-refractivity contribution in [2.24, 2.45) is 0 Å². The van der Waals surface area contributed by atoms with Gasteiger partial charge in [-0.15, -0.1) is 0 Å². The van der Waals surface area contributed by atoms with Crippen LogP contribution in [0.1, 0.15) is 24.2 Å². The average molecular weight is 269 g/mol. The van der Waals surface area contributed by atoms with E-state index in [1.54, 1.807) is 0 Å². The number of halogens is 1. The number of carbonyl (C=O) groups is 2. The molecule has 0 aliphatic carbocycles. The summed E-state index contributed by atoms with van der Waals surface area (Å²) in [4.78, 5) is 22.1. The van der Waals surface area contributed by atoms with Crippen LogP contribution in [0.3, 0.4) is 0 Å². The van der Waals surface area contributed by atoms with Crippen LogP contribution in [0.5, 0.6) is 0 Å². The number of aromatic carboxylic acids is 1. The lowest BCUT2D eigenvalue weighted by molar-refractivity contribution is -0.119. The summed E-state index contributed by atoms with van der Waals surface area (Å²) < 4.78 is 13.4. The molecule has 7 heteroatoms. The van der Waals surface area contributed by atoms with Crippen LogP contribution in [0, 0.1) is 5.82 Å². The number of anilines is 2. The summed E-state index contributed by atoms with van der Waals surface area (Å²) >= 11 is 0. The van der Waals surface area contributed by atoms with Crippen molar-refractivity contribution in [2.45, 2.75) is 19.9 Å². The van der Waals surface area contributed by atoms with E-state index in [9.17, 15) is 14.0 Å². The molecule has 0 bridgehead atoms. The van der Waals surface area contributed by atoms with Gasteiger partial charge in [0.2, 0.25) is 5.91 Å². The molecule has 1 aromatic rings. The monoisotopic (exact) mass is 269 g/mol. The van der Waals surface area contributed by atoms with E-state index in [1.165, 1.54) is 0 Å². The van der Waals surface area contributed by atoms with Crippen molar-refractivity contribution < 1.29 is 19.1 Å². The highest BCUT2D eigenvalue weighted by Crippen LogP contribution is 2.22. The van der Waals surface area contributed by atoms with Gasteiger partial charge in [0.05, 0.1) is 23.5 Å². The number of nitrogen functional groups attached to an aromatic ring is 1. The fourth-order valence-corrected chi connectivity index (χ4v) is 1.46. The fourth-order valence-electron chi connectivity index (χ4n) is 1.46. The molecule has 0 fully saturated rings. The first kappa shape index (κ1) is 14.7. The van der Waals surface area contributed by atoms with Gasteiger partial charge >= 0.3 is 5.97 Å². The molecule has 0 heterocycles. The topological polar surface area (TPSA) is 104 Å². The average Bonchev–Trinajstić information content (AvgIpc) is 2.28. The normalized spacial score (nSPS) is 10.3. The predicted molar refractivity (Wildman–Crippen MR) is 69.5 cm³/mol. The third kappa shape index (κ3) is 4.13. The molecule has 5 N–H and O–H groups in total. The van der Waals surface area contributed by atoms with Crippen molar-refractivity contribution in [3.8, 4) is 0 Å². The number of amides is 1. The Kier molecular flexibility index (Phi) is 4.68. The van der Waals surface area contributed by atoms with Gasteiger partial charge < -0.3 is 21.5 Å². The van der Waals surface area contributed by atoms with Crippen LogP contribution < -0.4 is 16.4 Å². The Hall–Kier alpha value is -2.31. The summed E-state index contributed by atoms with van der Waals surface area (Å²) in [5.41, 5.74) is 5.33. The van der Waals surface area contributed by atoms with Gasteiger partial charge in [0.25, 0.3) is 0 Å². The second kappa shape index (κ2) is 6.03. The summed E-state index contributed by atoms with van der Waals surface area (Å²) in [5.74, 6) is -2.57. The molecule has 0 radical (unpaired) electrons. The second-order valence-electron chi connectivity index (χ2n) is 4.30. The maximum absolute atomic E-state index is 13.4. The second-order valence-corrected chi connectivity index (χ2v) is 4.30. The van der Waals surface area contributed by atoms with Crippen LogP contribution in [-0.4, -0.2) is 29.6 Å². The molecule has 1 aromatic carbocycles. The lowest BCUT2D eigenvalue weighted by Crippen LogP contribution is -2.34. The highest BCUT2D eigenvalue weighted by atomic mass is 19.1. The number of carbonyl (C=O) groups excluding carboxylic acids is 1. The molecule has 0 aromatic heterocycles. The van der Waals surface area contributed by atoms with E-state index in [1.807, 2.05) is 13.8 Å². The van der Waals surface area contributed by atoms with Crippen LogP contribution >= 0.6 is 0 Å². The minimum atomic E-state index is -1.40. The van der Waals surface area contributed by atoms with E-state index < -0.39 is 17.3 Å². The number of carboxylic acids is 1. The summed E-state index contributed by atoms with van der Waals surface area (Å²) in [7, 11) is 0. The zero-order valence-corrected chi connectivity index (χ0v) is 10.7. The lowest BCUT2D eigenvalue weighted by atomic mass is 10.1. The Bertz CT molecular complexity index is 503. The van der Waals surface area contributed by atoms with Gasteiger partial charge in [-0.2, -0.15) is 0 Å². The predicted octanol–water partition coefficient (Wildman–Crippen LogP) is 1.04. The van der Waals surface area contributed by atoms with Crippen LogP contribution in [-0.2, 0) is 4.79 Å². The van der Waals surface area contributed by atoms with Gasteiger partial charge in [0.15, 0.2) is 0 Å². The van der Waals surface area contributed by atoms with E-state index in [4.69, 9.17) is 10.8 Å². The van der Waals surface area contributed by atoms with E-state index in [0.29, 0.717) is 0 Å². The Labute approximate surface area is 109 Å². The fraction of sp³-hybridized carbons (Fsp3) is 0.333. The number of hydrogen-bond acceptors (Lipinski definition) is 4. The van der Waals surface area contributed by atoms with Crippen molar-refractivity contribution in [3.63, 3.8) is 0 Å². The van der Waals surface area contributed by atoms with Crippen molar-refractivity contribution in [1.29, 1.82) is 0 Å². The number of nitrogens with two attached hydrogens (primary N) is 1. The SMILES string of the molecule is CC(C)NC(=O)CNc1cc(F)c(C(=O)O)cc1N. The minimum absolute atomic E-state index is 0.00207. The number of nitrogens with one attached hydrogen (secondary N) is 2. The highest BCUT2D eigenvalue weighted by Gasteiger charge is 2.14. The molecule has 0 unspecified atom stereocenters. The first-order valence-electron chi connectivity index (χ1n) is 5.66. The molecule has 1 amide bonds. The van der Waals surface area contributed by atoms with Gasteiger partial charge in [-0.3, -0.25) is 4.79 Å². The molecule has 0 atom stereocenters. The zero-order valence-electron chi connectivity index (χ0n) is 10.7. The summed E-state index contributed by atoms with van der Waals surface area (Å²) in [6.07, 6.45) is 0. The molecule has 0 saturated carbocycles. The summed E-state index contributed by atoms with van der Waals surface area (Å²) in [5, 5.41) is 14.0. The first-order valence-corrected chi connectivity index (χ1v) is 5.66. The van der Waals surface area contributed by atoms with Gasteiger partial charge in [-0.1, -0.05) is 0 Å². The number of hydrogen-bond donors (Lipinski definition) is 4. The van der Waals surface area contributed by atoms with Crippen molar-refractivity contribution in [2.75, 3.05) is 17.6 Å². The van der Waals surface area contributed by atoms with E-state index >= 15 is 0 Å². The van der Waals surface area contributed by atoms with E-state index in [2.05, 4.69) is 10.6 Å². The molecule has 1 rings (SSSR count). The summed E-state index contributed by atoms with van der Waals surface area (Å²) in [6, 6.07) is 1.97. The number of carboxylic acid groups (broad SMARTS) is 1. The van der Waals surface area contributed by atoms with Crippen LogP contribution in [0.4, 0.5) is 15.8 Å². The molecule has 6 nitrogen and oxygen atoms in total. The van der Waals surface area contributed by atoms with E-state index in [0.717, 1.165) is 12.1 Å². The van der Waals surface area contributed by atoms with Gasteiger partial charge in [-0.25, -0.2) is 9.18 Å². The largest absolute Gasteiger partial charge is 0.478 e. The number of rotatable bonds is 5. The molecular formula is C12H16FN3O3. The Morgan fingerprint density at radius 3 is 2.58 bits per heavy atom. The first-order chi connectivity index (χ1) is 8.81. The molecule has 0 spiro atoms. The number of benzene rings is 1. The Morgan fingerprint density at radius 2 is 2.05 bits per heavy atom. The standard InChI is InChI=1S/C12H16FN3O3/c1-6(2)16-11(17)5-15-10-4-8(13)7(12(18)19)3-9(10)14/h3-4,6,15H,5,14H2,1-2H3,(H,16,17)(H,18,19). The van der Waals surface area contributed by atoms with E-state index in [-0.39, 0.29) is 29.9 Å². The smallest absolute Gasteiger partial charge is 0.338 e. The third-order valence-corrected chi connectivity index (χ3v) is 2.26. The Balaban J connectivity index is 2.77. The molecule has 104 valence electrons. The van der Waals surface area contributed by atoms with Crippen LogP contribution in [0.2, 0.25) is 0 Å². The highest BCUT2D eigenvalue weighted by molar-refractivity contribution is 5.91. The molecule has 0 saturated heterocycles. The maximum Gasteiger partial charge on any atom is 0.338 e. The molecule has 0 aliphatic rings. The van der Waals surface area contributed by atoms with Crippen molar-refractivity contribution in [3.05, 3.63) is 23.5 Å². The Morgan fingerprint density at radius 1 is 1.42 bits per heavy atom. The van der Waals surface area contributed by atoms with Gasteiger partial charge in [0.1, 0.15) is 5.82 Å². The van der Waals surface area contributed by atoms with Crippen molar-refractivity contribution >= 4 is 23.3 Å². The lowest BCUT2D eigenvalue weighted by Gasteiger charge is -2.12. The van der Waals surface area contributed by atoms with Crippen LogP contribution in [0.25, 0.3) is 0 Å². The zero-order chi connectivity index (χ0) is 14.6. The third-order valence-electron chi connectivity index (χ3n) is 2.26. The van der Waals surface area contributed by atoms with Gasteiger partial charge in [-0.05, 0) is 26.0 Å². The summed E-state index contributed by atoms with van der Waals surface area (Å²) in [6.45, 7) is 3.55. The molecule has 19 heavy (non-hydrogen) atoms.